The summed E-state index contributed by atoms with van der Waals surface area (Å²) in [6.45, 7) is 4.57. The molecule has 3 rings (SSSR count). The Morgan fingerprint density at radius 3 is 2.76 bits per heavy atom. The van der Waals surface area contributed by atoms with Crippen molar-refractivity contribution in [3.8, 4) is 5.75 Å². The highest BCUT2D eigenvalue weighted by Gasteiger charge is 2.11. The third-order valence-electron chi connectivity index (χ3n) is 3.92. The molecule has 0 fully saturated rings. The predicted octanol–water partition coefficient (Wildman–Crippen LogP) is 5.45. The Labute approximate surface area is 152 Å². The van der Waals surface area contributed by atoms with Gasteiger partial charge in [-0.15, -0.1) is 11.3 Å². The number of rotatable bonds is 6. The van der Waals surface area contributed by atoms with Crippen LogP contribution < -0.4 is 10.1 Å². The fourth-order valence-electron chi connectivity index (χ4n) is 2.58. The van der Waals surface area contributed by atoms with Crippen LogP contribution in [0.2, 0.25) is 0 Å². The number of benzene rings is 2. The zero-order valence-corrected chi connectivity index (χ0v) is 15.2. The number of carbonyl (C=O) groups is 1. The van der Waals surface area contributed by atoms with E-state index in [2.05, 4.69) is 12.2 Å². The maximum atomic E-state index is 12.5. The van der Waals surface area contributed by atoms with E-state index in [0.717, 1.165) is 34.5 Å². The number of amides is 1. The van der Waals surface area contributed by atoms with Crippen LogP contribution in [0.5, 0.6) is 5.75 Å². The van der Waals surface area contributed by atoms with E-state index in [9.17, 15) is 4.79 Å². The topological polar surface area (TPSA) is 38.3 Å². The molecular formula is C21H21NO2S. The average Bonchev–Trinajstić information content (AvgIpc) is 3.10. The quantitative estimate of drug-likeness (QED) is 0.641. The smallest absolute Gasteiger partial charge is 0.265 e. The van der Waals surface area contributed by atoms with E-state index in [1.54, 1.807) is 0 Å². The first kappa shape index (κ1) is 17.2. The van der Waals surface area contributed by atoms with E-state index in [1.165, 1.54) is 11.3 Å². The monoisotopic (exact) mass is 351 g/mol. The van der Waals surface area contributed by atoms with Crippen molar-refractivity contribution < 1.29 is 9.53 Å². The molecule has 0 radical (unpaired) electrons. The van der Waals surface area contributed by atoms with E-state index >= 15 is 0 Å². The molecule has 0 saturated heterocycles. The lowest BCUT2D eigenvalue weighted by atomic mass is 10.1. The van der Waals surface area contributed by atoms with Crippen LogP contribution in [0.15, 0.2) is 60.0 Å². The molecule has 0 aliphatic rings. The molecule has 2 aromatic carbocycles. The maximum Gasteiger partial charge on any atom is 0.265 e. The molecule has 3 aromatic rings. The summed E-state index contributed by atoms with van der Waals surface area (Å²) in [7, 11) is 0. The first-order valence-electron chi connectivity index (χ1n) is 8.32. The van der Waals surface area contributed by atoms with Crippen molar-refractivity contribution in [1.29, 1.82) is 0 Å². The fourth-order valence-corrected chi connectivity index (χ4v) is 3.37. The van der Waals surface area contributed by atoms with Gasteiger partial charge in [-0.05, 0) is 54.1 Å². The van der Waals surface area contributed by atoms with Gasteiger partial charge in [0.05, 0.1) is 4.88 Å². The van der Waals surface area contributed by atoms with E-state index in [1.807, 2.05) is 66.9 Å². The molecule has 1 N–H and O–H groups in total. The highest BCUT2D eigenvalue weighted by Crippen LogP contribution is 2.21. The summed E-state index contributed by atoms with van der Waals surface area (Å²) >= 11 is 1.44. The minimum absolute atomic E-state index is 0.0762. The highest BCUT2D eigenvalue weighted by atomic mass is 32.1. The van der Waals surface area contributed by atoms with Crippen LogP contribution in [0, 0.1) is 6.92 Å². The zero-order chi connectivity index (χ0) is 17.6. The van der Waals surface area contributed by atoms with Gasteiger partial charge in [0.2, 0.25) is 0 Å². The second kappa shape index (κ2) is 7.99. The number of anilines is 1. The van der Waals surface area contributed by atoms with Crippen LogP contribution >= 0.6 is 11.3 Å². The Hall–Kier alpha value is -2.59. The van der Waals surface area contributed by atoms with E-state index in [0.29, 0.717) is 11.5 Å². The third-order valence-corrected chi connectivity index (χ3v) is 4.90. The van der Waals surface area contributed by atoms with Crippen LogP contribution in [0.25, 0.3) is 0 Å². The number of thiophene rings is 1. The molecule has 0 spiro atoms. The molecule has 0 aliphatic carbocycles. The molecule has 0 atom stereocenters. The summed E-state index contributed by atoms with van der Waals surface area (Å²) in [6.07, 6.45) is 0.885. The summed E-state index contributed by atoms with van der Waals surface area (Å²) in [5, 5.41) is 4.97. The lowest BCUT2D eigenvalue weighted by Crippen LogP contribution is -2.11. The van der Waals surface area contributed by atoms with Crippen LogP contribution in [0.3, 0.4) is 0 Å². The molecule has 3 nitrogen and oxygen atoms in total. The molecule has 1 heterocycles. The van der Waals surface area contributed by atoms with Gasteiger partial charge in [0, 0.05) is 11.3 Å². The fraction of sp³-hybridized carbons (Fsp3) is 0.190. The number of hydrogen-bond donors (Lipinski definition) is 1. The molecule has 0 bridgehead atoms. The van der Waals surface area contributed by atoms with Gasteiger partial charge in [-0.25, -0.2) is 0 Å². The van der Waals surface area contributed by atoms with E-state index in [-0.39, 0.29) is 5.91 Å². The van der Waals surface area contributed by atoms with Crippen molar-refractivity contribution in [1.82, 2.24) is 0 Å². The largest absolute Gasteiger partial charge is 0.489 e. The molecule has 25 heavy (non-hydrogen) atoms. The van der Waals surface area contributed by atoms with Gasteiger partial charge in [-0.1, -0.05) is 37.3 Å². The van der Waals surface area contributed by atoms with Crippen molar-refractivity contribution in [2.24, 2.45) is 0 Å². The van der Waals surface area contributed by atoms with Gasteiger partial charge < -0.3 is 10.1 Å². The number of carbonyl (C=O) groups excluding carboxylic acids is 1. The number of para-hydroxylation sites is 1. The molecule has 0 aliphatic heterocycles. The Bertz CT molecular complexity index is 870. The standard InChI is InChI=1S/C21H21NO2S/c1-3-17-8-4-5-10-19(17)22-21(23)20-12-16(14-25-20)13-24-18-9-6-7-15(2)11-18/h4-12,14H,3,13H2,1-2H3,(H,22,23). The molecule has 4 heteroatoms. The Morgan fingerprint density at radius 2 is 1.96 bits per heavy atom. The SMILES string of the molecule is CCc1ccccc1NC(=O)c1cc(COc2cccc(C)c2)cs1. The van der Waals surface area contributed by atoms with Crippen molar-refractivity contribution in [2.45, 2.75) is 26.9 Å². The van der Waals surface area contributed by atoms with Crippen molar-refractivity contribution in [3.05, 3.63) is 81.5 Å². The normalized spacial score (nSPS) is 10.5. The number of ether oxygens (including phenoxy) is 1. The summed E-state index contributed by atoms with van der Waals surface area (Å²) < 4.78 is 5.80. The van der Waals surface area contributed by atoms with Gasteiger partial charge in [-0.3, -0.25) is 4.79 Å². The maximum absolute atomic E-state index is 12.5. The molecule has 1 aromatic heterocycles. The second-order valence-corrected chi connectivity index (χ2v) is 6.80. The van der Waals surface area contributed by atoms with Crippen molar-refractivity contribution >= 4 is 22.9 Å². The van der Waals surface area contributed by atoms with Gasteiger partial charge in [0.25, 0.3) is 5.91 Å². The zero-order valence-electron chi connectivity index (χ0n) is 14.4. The number of aryl methyl sites for hydroxylation is 2. The predicted molar refractivity (Wildman–Crippen MR) is 104 cm³/mol. The van der Waals surface area contributed by atoms with E-state index in [4.69, 9.17) is 4.74 Å². The Morgan fingerprint density at radius 1 is 1.12 bits per heavy atom. The van der Waals surface area contributed by atoms with Crippen LogP contribution in [0.1, 0.15) is 33.3 Å². The van der Waals surface area contributed by atoms with Crippen LogP contribution in [-0.4, -0.2) is 5.91 Å². The Kier molecular flexibility index (Phi) is 5.51. The van der Waals surface area contributed by atoms with Gasteiger partial charge >= 0.3 is 0 Å². The number of hydrogen-bond acceptors (Lipinski definition) is 3. The van der Waals surface area contributed by atoms with E-state index < -0.39 is 0 Å². The third kappa shape index (κ3) is 4.48. The van der Waals surface area contributed by atoms with Crippen LogP contribution in [-0.2, 0) is 13.0 Å². The summed E-state index contributed by atoms with van der Waals surface area (Å²) in [5.74, 6) is 0.766. The summed E-state index contributed by atoms with van der Waals surface area (Å²) in [6, 6.07) is 17.7. The lowest BCUT2D eigenvalue weighted by molar-refractivity contribution is 0.103. The van der Waals surface area contributed by atoms with Crippen molar-refractivity contribution in [3.63, 3.8) is 0 Å². The summed E-state index contributed by atoms with van der Waals surface area (Å²) in [5.41, 5.74) is 4.18. The minimum atomic E-state index is -0.0762. The second-order valence-electron chi connectivity index (χ2n) is 5.89. The summed E-state index contributed by atoms with van der Waals surface area (Å²) in [4.78, 5) is 13.2. The molecule has 1 amide bonds. The Balaban J connectivity index is 1.63. The molecule has 0 saturated carbocycles. The van der Waals surface area contributed by atoms with Crippen molar-refractivity contribution in [2.75, 3.05) is 5.32 Å². The lowest BCUT2D eigenvalue weighted by Gasteiger charge is -2.08. The molecule has 0 unspecified atom stereocenters. The number of nitrogens with one attached hydrogen (secondary N) is 1. The minimum Gasteiger partial charge on any atom is -0.489 e. The first-order chi connectivity index (χ1) is 12.2. The molecule has 128 valence electrons. The average molecular weight is 351 g/mol. The van der Waals surface area contributed by atoms with Crippen LogP contribution in [0.4, 0.5) is 5.69 Å². The first-order valence-corrected chi connectivity index (χ1v) is 9.20. The molecular weight excluding hydrogens is 330 g/mol. The van der Waals surface area contributed by atoms with Gasteiger partial charge in [0.15, 0.2) is 0 Å². The highest BCUT2D eigenvalue weighted by molar-refractivity contribution is 7.12. The van der Waals surface area contributed by atoms with Gasteiger partial charge in [-0.2, -0.15) is 0 Å². The van der Waals surface area contributed by atoms with Gasteiger partial charge in [0.1, 0.15) is 12.4 Å².